The SMILES string of the molecule is Cc1ccc(-c2ccc(Br)cn2)c(N)c1. The van der Waals surface area contributed by atoms with Crippen LogP contribution >= 0.6 is 15.9 Å². The first kappa shape index (κ1) is 10.2. The maximum absolute atomic E-state index is 5.94. The number of anilines is 1. The molecule has 15 heavy (non-hydrogen) atoms. The Balaban J connectivity index is 2.49. The Hall–Kier alpha value is -1.35. The van der Waals surface area contributed by atoms with Crippen LogP contribution in [0.3, 0.4) is 0 Å². The van der Waals surface area contributed by atoms with Gasteiger partial charge in [-0.05, 0) is 46.6 Å². The van der Waals surface area contributed by atoms with Crippen LogP contribution in [-0.2, 0) is 0 Å². The molecule has 2 rings (SSSR count). The molecule has 1 aromatic heterocycles. The van der Waals surface area contributed by atoms with Crippen molar-refractivity contribution in [2.45, 2.75) is 6.92 Å². The van der Waals surface area contributed by atoms with Gasteiger partial charge in [-0.2, -0.15) is 0 Å². The zero-order valence-corrected chi connectivity index (χ0v) is 9.95. The lowest BCUT2D eigenvalue weighted by molar-refractivity contribution is 1.30. The summed E-state index contributed by atoms with van der Waals surface area (Å²) in [6, 6.07) is 9.90. The smallest absolute Gasteiger partial charge is 0.0723 e. The Kier molecular flexibility index (Phi) is 2.73. The van der Waals surface area contributed by atoms with E-state index in [1.54, 1.807) is 6.20 Å². The second kappa shape index (κ2) is 4.03. The minimum absolute atomic E-state index is 0.768. The first-order chi connectivity index (χ1) is 7.16. The highest BCUT2D eigenvalue weighted by Crippen LogP contribution is 2.25. The summed E-state index contributed by atoms with van der Waals surface area (Å²) >= 11 is 3.35. The van der Waals surface area contributed by atoms with E-state index in [1.165, 1.54) is 0 Å². The second-order valence-electron chi connectivity index (χ2n) is 3.45. The highest BCUT2D eigenvalue weighted by Gasteiger charge is 2.03. The number of aromatic nitrogens is 1. The van der Waals surface area contributed by atoms with Crippen LogP contribution in [0.5, 0.6) is 0 Å². The number of hydrogen-bond acceptors (Lipinski definition) is 2. The van der Waals surface area contributed by atoms with Crippen LogP contribution in [0, 0.1) is 6.92 Å². The quantitative estimate of drug-likeness (QED) is 0.801. The van der Waals surface area contributed by atoms with Crippen molar-refractivity contribution in [3.63, 3.8) is 0 Å². The van der Waals surface area contributed by atoms with Crippen LogP contribution in [0.4, 0.5) is 5.69 Å². The Labute approximate surface area is 97.3 Å². The van der Waals surface area contributed by atoms with Crippen LogP contribution < -0.4 is 5.73 Å². The molecule has 2 N–H and O–H groups in total. The average molecular weight is 263 g/mol. The molecule has 0 saturated carbocycles. The maximum Gasteiger partial charge on any atom is 0.0723 e. The predicted octanol–water partition coefficient (Wildman–Crippen LogP) is 3.40. The Morgan fingerprint density at radius 2 is 2.00 bits per heavy atom. The van der Waals surface area contributed by atoms with Crippen molar-refractivity contribution in [2.75, 3.05) is 5.73 Å². The van der Waals surface area contributed by atoms with Gasteiger partial charge in [-0.3, -0.25) is 4.98 Å². The van der Waals surface area contributed by atoms with E-state index in [2.05, 4.69) is 20.9 Å². The van der Waals surface area contributed by atoms with Gasteiger partial charge in [0.15, 0.2) is 0 Å². The van der Waals surface area contributed by atoms with Gasteiger partial charge in [0.2, 0.25) is 0 Å². The molecule has 1 heterocycles. The molecule has 76 valence electrons. The minimum atomic E-state index is 0.768. The monoisotopic (exact) mass is 262 g/mol. The molecule has 3 heteroatoms. The number of pyridine rings is 1. The number of nitrogen functional groups attached to an aromatic ring is 1. The lowest BCUT2D eigenvalue weighted by Crippen LogP contribution is -1.92. The lowest BCUT2D eigenvalue weighted by atomic mass is 10.1. The lowest BCUT2D eigenvalue weighted by Gasteiger charge is -2.05. The summed E-state index contributed by atoms with van der Waals surface area (Å²) in [6.07, 6.45) is 1.77. The number of hydrogen-bond donors (Lipinski definition) is 1. The van der Waals surface area contributed by atoms with Crippen LogP contribution in [-0.4, -0.2) is 4.98 Å². The summed E-state index contributed by atoms with van der Waals surface area (Å²) in [6.45, 7) is 2.02. The highest BCUT2D eigenvalue weighted by atomic mass is 79.9. The molecule has 2 aromatic rings. The van der Waals surface area contributed by atoms with E-state index in [4.69, 9.17) is 5.73 Å². The Morgan fingerprint density at radius 3 is 2.60 bits per heavy atom. The molecule has 2 nitrogen and oxygen atoms in total. The molecule has 0 aliphatic heterocycles. The van der Waals surface area contributed by atoms with E-state index in [9.17, 15) is 0 Å². The number of rotatable bonds is 1. The van der Waals surface area contributed by atoms with Crippen LogP contribution in [0.25, 0.3) is 11.3 Å². The number of benzene rings is 1. The largest absolute Gasteiger partial charge is 0.398 e. The van der Waals surface area contributed by atoms with Crippen molar-refractivity contribution in [1.82, 2.24) is 4.98 Å². The van der Waals surface area contributed by atoms with Crippen molar-refractivity contribution in [3.8, 4) is 11.3 Å². The highest BCUT2D eigenvalue weighted by molar-refractivity contribution is 9.10. The molecule has 0 saturated heterocycles. The van der Waals surface area contributed by atoms with E-state index in [-0.39, 0.29) is 0 Å². The third-order valence-corrected chi connectivity index (χ3v) is 2.68. The first-order valence-corrected chi connectivity index (χ1v) is 5.44. The van der Waals surface area contributed by atoms with E-state index >= 15 is 0 Å². The Bertz CT molecular complexity index is 477. The zero-order valence-electron chi connectivity index (χ0n) is 8.37. The minimum Gasteiger partial charge on any atom is -0.398 e. The van der Waals surface area contributed by atoms with Gasteiger partial charge >= 0.3 is 0 Å². The first-order valence-electron chi connectivity index (χ1n) is 4.65. The maximum atomic E-state index is 5.94. The van der Waals surface area contributed by atoms with Crippen molar-refractivity contribution in [1.29, 1.82) is 0 Å². The molecule has 0 amide bonds. The number of nitrogens with zero attached hydrogens (tertiary/aromatic N) is 1. The molecule has 0 aliphatic rings. The molecule has 0 spiro atoms. The summed E-state index contributed by atoms with van der Waals surface area (Å²) in [5, 5.41) is 0. The van der Waals surface area contributed by atoms with Crippen molar-refractivity contribution in [3.05, 3.63) is 46.6 Å². The van der Waals surface area contributed by atoms with Gasteiger partial charge in [0.25, 0.3) is 0 Å². The fraction of sp³-hybridized carbons (Fsp3) is 0.0833. The van der Waals surface area contributed by atoms with Gasteiger partial charge in [0, 0.05) is 21.9 Å². The van der Waals surface area contributed by atoms with Gasteiger partial charge in [0.1, 0.15) is 0 Å². The predicted molar refractivity (Wildman–Crippen MR) is 66.5 cm³/mol. The molecular weight excluding hydrogens is 252 g/mol. The normalized spacial score (nSPS) is 10.3. The summed E-state index contributed by atoms with van der Waals surface area (Å²) in [5.74, 6) is 0. The van der Waals surface area contributed by atoms with E-state index < -0.39 is 0 Å². The molecule has 0 radical (unpaired) electrons. The van der Waals surface area contributed by atoms with Gasteiger partial charge in [0.05, 0.1) is 5.69 Å². The van der Waals surface area contributed by atoms with Gasteiger partial charge in [-0.15, -0.1) is 0 Å². The summed E-state index contributed by atoms with van der Waals surface area (Å²) < 4.78 is 0.969. The van der Waals surface area contributed by atoms with Crippen LogP contribution in [0.1, 0.15) is 5.56 Å². The number of halogens is 1. The second-order valence-corrected chi connectivity index (χ2v) is 4.37. The number of nitrogens with two attached hydrogens (primary N) is 1. The molecule has 0 atom stereocenters. The van der Waals surface area contributed by atoms with Crippen LogP contribution in [0.15, 0.2) is 41.0 Å². The van der Waals surface area contributed by atoms with E-state index in [1.807, 2.05) is 37.3 Å². The van der Waals surface area contributed by atoms with E-state index in [0.29, 0.717) is 0 Å². The van der Waals surface area contributed by atoms with Crippen molar-refractivity contribution < 1.29 is 0 Å². The molecule has 1 aromatic carbocycles. The fourth-order valence-electron chi connectivity index (χ4n) is 1.45. The Morgan fingerprint density at radius 1 is 1.20 bits per heavy atom. The summed E-state index contributed by atoms with van der Waals surface area (Å²) in [5.41, 5.74) is 9.75. The number of aryl methyl sites for hydroxylation is 1. The topological polar surface area (TPSA) is 38.9 Å². The van der Waals surface area contributed by atoms with Crippen molar-refractivity contribution >= 4 is 21.6 Å². The fourth-order valence-corrected chi connectivity index (χ4v) is 1.69. The molecule has 0 aliphatic carbocycles. The molecule has 0 unspecified atom stereocenters. The third-order valence-electron chi connectivity index (χ3n) is 2.21. The van der Waals surface area contributed by atoms with E-state index in [0.717, 1.165) is 27.0 Å². The molecule has 0 fully saturated rings. The average Bonchev–Trinajstić information content (AvgIpc) is 2.20. The summed E-state index contributed by atoms with van der Waals surface area (Å²) in [4.78, 5) is 4.31. The molecular formula is C12H11BrN2. The van der Waals surface area contributed by atoms with Gasteiger partial charge in [-0.1, -0.05) is 12.1 Å². The molecule has 0 bridgehead atoms. The van der Waals surface area contributed by atoms with Gasteiger partial charge < -0.3 is 5.73 Å². The zero-order chi connectivity index (χ0) is 10.8. The van der Waals surface area contributed by atoms with Crippen LogP contribution in [0.2, 0.25) is 0 Å². The third kappa shape index (κ3) is 2.18. The van der Waals surface area contributed by atoms with Crippen molar-refractivity contribution in [2.24, 2.45) is 0 Å². The standard InChI is InChI=1S/C12H11BrN2/c1-8-2-4-10(11(14)6-8)12-5-3-9(13)7-15-12/h2-7H,14H2,1H3. The summed E-state index contributed by atoms with van der Waals surface area (Å²) in [7, 11) is 0. The van der Waals surface area contributed by atoms with Gasteiger partial charge in [-0.25, -0.2) is 0 Å².